The summed E-state index contributed by atoms with van der Waals surface area (Å²) in [4.78, 5) is 15.8. The molecule has 0 radical (unpaired) electrons. The number of aromatic nitrogens is 1. The van der Waals surface area contributed by atoms with E-state index < -0.39 is 0 Å². The molecule has 2 rings (SSSR count). The molecule has 0 saturated heterocycles. The van der Waals surface area contributed by atoms with Crippen molar-refractivity contribution in [3.05, 3.63) is 48.2 Å². The largest absolute Gasteiger partial charge is 0.354 e. The highest BCUT2D eigenvalue weighted by Gasteiger charge is 2.04. The maximum Gasteiger partial charge on any atom is 0.320 e. The predicted molar refractivity (Wildman–Crippen MR) is 95.3 cm³/mol. The van der Waals surface area contributed by atoms with Gasteiger partial charge in [-0.2, -0.15) is 0 Å². The number of carbonyl (C=O) groups excluding carboxylic acids is 1. The van der Waals surface area contributed by atoms with Gasteiger partial charge in [0.2, 0.25) is 0 Å². The highest BCUT2D eigenvalue weighted by Crippen LogP contribution is 2.20. The summed E-state index contributed by atoms with van der Waals surface area (Å²) in [6, 6.07) is 11.8. The van der Waals surface area contributed by atoms with Gasteiger partial charge < -0.3 is 10.6 Å². The third-order valence-corrected chi connectivity index (χ3v) is 3.29. The van der Waals surface area contributed by atoms with Gasteiger partial charge in [0.1, 0.15) is 5.82 Å². The second-order valence-electron chi connectivity index (χ2n) is 6.09. The molecule has 0 bridgehead atoms. The fourth-order valence-electron chi connectivity index (χ4n) is 2.07. The van der Waals surface area contributed by atoms with Crippen LogP contribution >= 0.6 is 0 Å². The topological polar surface area (TPSA) is 66.1 Å². The summed E-state index contributed by atoms with van der Waals surface area (Å²) in [6.45, 7) is 8.16. The SMILES string of the molecule is CC(C)NC(=O)Nc1ccc(Nc2ccc(C(C)C)cc2)cn1. The van der Waals surface area contributed by atoms with Crippen molar-refractivity contribution in [3.8, 4) is 0 Å². The number of hydrogen-bond acceptors (Lipinski definition) is 3. The Labute approximate surface area is 137 Å². The number of benzene rings is 1. The monoisotopic (exact) mass is 312 g/mol. The fraction of sp³-hybridized carbons (Fsp3) is 0.333. The number of nitrogens with zero attached hydrogens (tertiary/aromatic N) is 1. The Balaban J connectivity index is 1.95. The van der Waals surface area contributed by atoms with E-state index >= 15 is 0 Å². The molecule has 1 aromatic heterocycles. The summed E-state index contributed by atoms with van der Waals surface area (Å²) >= 11 is 0. The molecular weight excluding hydrogens is 288 g/mol. The van der Waals surface area contributed by atoms with Gasteiger partial charge in [0.25, 0.3) is 0 Å². The standard InChI is InChI=1S/C18H24N4O/c1-12(2)14-5-7-15(8-6-14)21-16-9-10-17(19-11-16)22-18(23)20-13(3)4/h5-13,21H,1-4H3,(H2,19,20,22,23). The van der Waals surface area contributed by atoms with Crippen LogP contribution in [-0.4, -0.2) is 17.1 Å². The van der Waals surface area contributed by atoms with Crippen LogP contribution in [0.1, 0.15) is 39.2 Å². The lowest BCUT2D eigenvalue weighted by atomic mass is 10.0. The highest BCUT2D eigenvalue weighted by atomic mass is 16.2. The lowest BCUT2D eigenvalue weighted by molar-refractivity contribution is 0.250. The third-order valence-electron chi connectivity index (χ3n) is 3.29. The lowest BCUT2D eigenvalue weighted by Gasteiger charge is -2.11. The van der Waals surface area contributed by atoms with E-state index in [0.29, 0.717) is 11.7 Å². The van der Waals surface area contributed by atoms with E-state index in [9.17, 15) is 4.79 Å². The Kier molecular flexibility index (Phi) is 5.57. The van der Waals surface area contributed by atoms with E-state index in [1.54, 1.807) is 12.3 Å². The van der Waals surface area contributed by atoms with Gasteiger partial charge >= 0.3 is 6.03 Å². The van der Waals surface area contributed by atoms with E-state index in [4.69, 9.17) is 0 Å². The van der Waals surface area contributed by atoms with Crippen molar-refractivity contribution >= 4 is 23.2 Å². The summed E-state index contributed by atoms with van der Waals surface area (Å²) in [5, 5.41) is 8.74. The van der Waals surface area contributed by atoms with Crippen molar-refractivity contribution in [3.63, 3.8) is 0 Å². The quantitative estimate of drug-likeness (QED) is 0.762. The van der Waals surface area contributed by atoms with Crippen LogP contribution in [0.25, 0.3) is 0 Å². The fourth-order valence-corrected chi connectivity index (χ4v) is 2.07. The van der Waals surface area contributed by atoms with Crippen molar-refractivity contribution in [2.24, 2.45) is 0 Å². The minimum atomic E-state index is -0.252. The molecule has 5 heteroatoms. The van der Waals surface area contributed by atoms with Crippen molar-refractivity contribution in [1.29, 1.82) is 0 Å². The van der Waals surface area contributed by atoms with Crippen molar-refractivity contribution < 1.29 is 4.79 Å². The summed E-state index contributed by atoms with van der Waals surface area (Å²) in [6.07, 6.45) is 1.70. The van der Waals surface area contributed by atoms with Crippen LogP contribution in [0.5, 0.6) is 0 Å². The number of urea groups is 1. The van der Waals surface area contributed by atoms with Gasteiger partial charge in [0.05, 0.1) is 11.9 Å². The molecule has 5 nitrogen and oxygen atoms in total. The van der Waals surface area contributed by atoms with Gasteiger partial charge in [-0.25, -0.2) is 9.78 Å². The van der Waals surface area contributed by atoms with E-state index in [2.05, 4.69) is 59.0 Å². The van der Waals surface area contributed by atoms with E-state index in [0.717, 1.165) is 11.4 Å². The Bertz CT molecular complexity index is 633. The van der Waals surface area contributed by atoms with Gasteiger partial charge in [-0.15, -0.1) is 0 Å². The van der Waals surface area contributed by atoms with E-state index in [1.165, 1.54) is 5.56 Å². The minimum Gasteiger partial charge on any atom is -0.354 e. The number of hydrogen-bond donors (Lipinski definition) is 3. The zero-order chi connectivity index (χ0) is 16.8. The Morgan fingerprint density at radius 2 is 1.61 bits per heavy atom. The molecule has 0 aliphatic heterocycles. The second-order valence-corrected chi connectivity index (χ2v) is 6.09. The summed E-state index contributed by atoms with van der Waals surface area (Å²) in [7, 11) is 0. The van der Waals surface area contributed by atoms with Crippen molar-refractivity contribution in [2.75, 3.05) is 10.6 Å². The summed E-state index contributed by atoms with van der Waals surface area (Å²) in [5.41, 5.74) is 3.19. The maximum absolute atomic E-state index is 11.6. The molecule has 2 amide bonds. The first-order valence-corrected chi connectivity index (χ1v) is 7.84. The summed E-state index contributed by atoms with van der Waals surface area (Å²) in [5.74, 6) is 1.04. The molecule has 1 heterocycles. The molecule has 0 unspecified atom stereocenters. The third kappa shape index (κ3) is 5.29. The van der Waals surface area contributed by atoms with Gasteiger partial charge in [-0.05, 0) is 49.6 Å². The number of rotatable bonds is 5. The first-order chi connectivity index (χ1) is 10.9. The van der Waals surface area contributed by atoms with Crippen LogP contribution in [-0.2, 0) is 0 Å². The van der Waals surface area contributed by atoms with Crippen LogP contribution in [0, 0.1) is 0 Å². The minimum absolute atomic E-state index is 0.0877. The number of nitrogens with one attached hydrogen (secondary N) is 3. The molecule has 0 saturated carbocycles. The van der Waals surface area contributed by atoms with Crippen LogP contribution in [0.15, 0.2) is 42.6 Å². The van der Waals surface area contributed by atoms with Gasteiger partial charge in [0.15, 0.2) is 0 Å². The average molecular weight is 312 g/mol. The Morgan fingerprint density at radius 3 is 2.13 bits per heavy atom. The van der Waals surface area contributed by atoms with Crippen LogP contribution < -0.4 is 16.0 Å². The van der Waals surface area contributed by atoms with Gasteiger partial charge in [-0.1, -0.05) is 26.0 Å². The highest BCUT2D eigenvalue weighted by molar-refractivity contribution is 5.88. The molecule has 0 atom stereocenters. The maximum atomic E-state index is 11.6. The number of amides is 2. The molecule has 0 aliphatic carbocycles. The molecule has 23 heavy (non-hydrogen) atoms. The zero-order valence-electron chi connectivity index (χ0n) is 14.1. The lowest BCUT2D eigenvalue weighted by Crippen LogP contribution is -2.34. The molecule has 3 N–H and O–H groups in total. The van der Waals surface area contributed by atoms with Crippen LogP contribution in [0.3, 0.4) is 0 Å². The number of anilines is 3. The molecule has 1 aromatic carbocycles. The van der Waals surface area contributed by atoms with Gasteiger partial charge in [-0.3, -0.25) is 5.32 Å². The second kappa shape index (κ2) is 7.63. The van der Waals surface area contributed by atoms with Gasteiger partial charge in [0, 0.05) is 11.7 Å². The van der Waals surface area contributed by atoms with E-state index in [1.807, 2.05) is 19.9 Å². The average Bonchev–Trinajstić information content (AvgIpc) is 2.49. The summed E-state index contributed by atoms with van der Waals surface area (Å²) < 4.78 is 0. The first kappa shape index (κ1) is 16.8. The Morgan fingerprint density at radius 1 is 0.957 bits per heavy atom. The first-order valence-electron chi connectivity index (χ1n) is 7.84. The number of pyridine rings is 1. The molecule has 122 valence electrons. The molecule has 0 spiro atoms. The van der Waals surface area contributed by atoms with Crippen molar-refractivity contribution in [1.82, 2.24) is 10.3 Å². The van der Waals surface area contributed by atoms with Crippen LogP contribution in [0.4, 0.5) is 22.0 Å². The Hall–Kier alpha value is -2.56. The molecular formula is C18H24N4O. The van der Waals surface area contributed by atoms with Crippen molar-refractivity contribution in [2.45, 2.75) is 39.7 Å². The molecule has 0 fully saturated rings. The molecule has 2 aromatic rings. The van der Waals surface area contributed by atoms with Crippen LogP contribution in [0.2, 0.25) is 0 Å². The number of carbonyl (C=O) groups is 1. The van der Waals surface area contributed by atoms with E-state index in [-0.39, 0.29) is 12.1 Å². The smallest absolute Gasteiger partial charge is 0.320 e. The predicted octanol–water partition coefficient (Wildman–Crippen LogP) is 4.48. The molecule has 0 aliphatic rings. The normalized spacial score (nSPS) is 10.7. The zero-order valence-corrected chi connectivity index (χ0v) is 14.1.